The van der Waals surface area contributed by atoms with Crippen LogP contribution in [0.15, 0.2) is 24.8 Å². The van der Waals surface area contributed by atoms with Crippen molar-refractivity contribution in [3.05, 3.63) is 46.5 Å². The molecule has 0 bridgehead atoms. The Hall–Kier alpha value is -1.35. The van der Waals surface area contributed by atoms with Crippen LogP contribution in [0, 0.1) is 5.92 Å². The van der Waals surface area contributed by atoms with Gasteiger partial charge in [-0.1, -0.05) is 17.7 Å². The van der Waals surface area contributed by atoms with Crippen LogP contribution in [0.5, 0.6) is 0 Å². The summed E-state index contributed by atoms with van der Waals surface area (Å²) >= 11 is 6.47. The van der Waals surface area contributed by atoms with Crippen LogP contribution in [-0.2, 0) is 19.4 Å². The third kappa shape index (κ3) is 2.05. The van der Waals surface area contributed by atoms with Gasteiger partial charge < -0.3 is 0 Å². The number of aromatic nitrogens is 3. The molecule has 20 heavy (non-hydrogen) atoms. The van der Waals surface area contributed by atoms with Gasteiger partial charge in [0.1, 0.15) is 12.7 Å². The number of rotatable bonds is 2. The molecule has 1 aromatic heterocycles. The zero-order valence-corrected chi connectivity index (χ0v) is 12.2. The highest BCUT2D eigenvalue weighted by atomic mass is 35.5. The summed E-state index contributed by atoms with van der Waals surface area (Å²) in [7, 11) is 0. The first-order valence-corrected chi connectivity index (χ1v) is 7.81. The minimum absolute atomic E-state index is 0.625. The number of hydrogen-bond donors (Lipinski definition) is 0. The molecule has 0 fully saturated rings. The highest BCUT2D eigenvalue weighted by molar-refractivity contribution is 6.31. The quantitative estimate of drug-likeness (QED) is 0.845. The lowest BCUT2D eigenvalue weighted by atomic mass is 9.70. The van der Waals surface area contributed by atoms with Crippen molar-refractivity contribution in [2.24, 2.45) is 5.92 Å². The predicted molar refractivity (Wildman–Crippen MR) is 79.0 cm³/mol. The maximum Gasteiger partial charge on any atom is 0.137 e. The maximum absolute atomic E-state index is 6.47. The van der Waals surface area contributed by atoms with Gasteiger partial charge in [-0.3, -0.25) is 4.68 Å². The van der Waals surface area contributed by atoms with E-state index >= 15 is 0 Å². The molecule has 0 saturated carbocycles. The largest absolute Gasteiger partial charge is 0.253 e. The molecular formula is C16H18ClN3. The summed E-state index contributed by atoms with van der Waals surface area (Å²) in [6.45, 7) is 0.955. The molecule has 4 rings (SSSR count). The van der Waals surface area contributed by atoms with Gasteiger partial charge in [0.2, 0.25) is 0 Å². The molecule has 0 amide bonds. The Morgan fingerprint density at radius 3 is 3.15 bits per heavy atom. The number of nitrogens with zero attached hydrogens (tertiary/aromatic N) is 3. The fraction of sp³-hybridized carbons (Fsp3) is 0.500. The topological polar surface area (TPSA) is 30.7 Å². The molecule has 0 radical (unpaired) electrons. The Morgan fingerprint density at radius 1 is 1.35 bits per heavy atom. The molecule has 0 saturated heterocycles. The Balaban J connectivity index is 1.68. The summed E-state index contributed by atoms with van der Waals surface area (Å²) in [4.78, 5) is 4.04. The molecule has 4 heteroatoms. The standard InChI is InChI=1S/C16H18ClN3/c17-15-5-4-12-2-1-3-13-6-11(7-14(15)16(12)13)8-20-10-18-9-19-20/h4-5,9-11,13H,1-3,6-8H2/t11-,13+/m0/s1. The summed E-state index contributed by atoms with van der Waals surface area (Å²) < 4.78 is 1.95. The summed E-state index contributed by atoms with van der Waals surface area (Å²) in [6, 6.07) is 4.33. The second-order valence-electron chi connectivity index (χ2n) is 6.11. The molecule has 2 aliphatic rings. The van der Waals surface area contributed by atoms with Crippen LogP contribution in [0.1, 0.15) is 41.9 Å². The molecular weight excluding hydrogens is 270 g/mol. The van der Waals surface area contributed by atoms with Crippen LogP contribution in [-0.4, -0.2) is 14.8 Å². The van der Waals surface area contributed by atoms with Crippen molar-refractivity contribution in [2.75, 3.05) is 0 Å². The minimum Gasteiger partial charge on any atom is -0.253 e. The van der Waals surface area contributed by atoms with Gasteiger partial charge in [-0.25, -0.2) is 4.98 Å². The van der Waals surface area contributed by atoms with E-state index in [0.29, 0.717) is 11.8 Å². The fourth-order valence-electron chi connectivity index (χ4n) is 4.04. The van der Waals surface area contributed by atoms with Crippen LogP contribution in [0.2, 0.25) is 5.02 Å². The predicted octanol–water partition coefficient (Wildman–Crippen LogP) is 3.61. The van der Waals surface area contributed by atoms with Crippen molar-refractivity contribution in [1.29, 1.82) is 0 Å². The molecule has 2 aromatic rings. The van der Waals surface area contributed by atoms with E-state index in [1.807, 2.05) is 11.0 Å². The third-order valence-corrected chi connectivity index (χ3v) is 5.17. The lowest BCUT2D eigenvalue weighted by Gasteiger charge is -2.36. The first-order valence-electron chi connectivity index (χ1n) is 7.44. The summed E-state index contributed by atoms with van der Waals surface area (Å²) in [6.07, 6.45) is 9.63. The zero-order chi connectivity index (χ0) is 13.5. The average Bonchev–Trinajstić information content (AvgIpc) is 2.96. The minimum atomic E-state index is 0.625. The Kier molecular flexibility index (Phi) is 3.03. The number of aryl methyl sites for hydroxylation is 1. The molecule has 1 aromatic carbocycles. The van der Waals surface area contributed by atoms with Crippen molar-refractivity contribution in [2.45, 2.75) is 44.6 Å². The molecule has 104 valence electrons. The van der Waals surface area contributed by atoms with E-state index in [1.165, 1.54) is 31.2 Å². The van der Waals surface area contributed by atoms with E-state index in [0.717, 1.165) is 18.0 Å². The highest BCUT2D eigenvalue weighted by Gasteiger charge is 2.32. The van der Waals surface area contributed by atoms with E-state index in [1.54, 1.807) is 17.5 Å². The van der Waals surface area contributed by atoms with Crippen molar-refractivity contribution in [3.8, 4) is 0 Å². The van der Waals surface area contributed by atoms with Gasteiger partial charge >= 0.3 is 0 Å². The molecule has 3 nitrogen and oxygen atoms in total. The van der Waals surface area contributed by atoms with Crippen molar-refractivity contribution < 1.29 is 0 Å². The number of hydrogen-bond acceptors (Lipinski definition) is 2. The van der Waals surface area contributed by atoms with E-state index in [4.69, 9.17) is 11.6 Å². The van der Waals surface area contributed by atoms with Crippen LogP contribution >= 0.6 is 11.6 Å². The molecule has 0 unspecified atom stereocenters. The van der Waals surface area contributed by atoms with Crippen molar-refractivity contribution >= 4 is 11.6 Å². The lowest BCUT2D eigenvalue weighted by molar-refractivity contribution is 0.322. The molecule has 0 N–H and O–H groups in total. The van der Waals surface area contributed by atoms with Gasteiger partial charge in [0.05, 0.1) is 0 Å². The lowest BCUT2D eigenvalue weighted by Crippen LogP contribution is -2.26. The summed E-state index contributed by atoms with van der Waals surface area (Å²) in [5.74, 6) is 1.33. The van der Waals surface area contributed by atoms with Crippen LogP contribution in [0.25, 0.3) is 0 Å². The second-order valence-corrected chi connectivity index (χ2v) is 6.52. The number of halogens is 1. The summed E-state index contributed by atoms with van der Waals surface area (Å²) in [5, 5.41) is 5.20. The van der Waals surface area contributed by atoms with E-state index in [-0.39, 0.29) is 0 Å². The number of benzene rings is 1. The van der Waals surface area contributed by atoms with Crippen LogP contribution in [0.3, 0.4) is 0 Å². The van der Waals surface area contributed by atoms with Gasteiger partial charge in [0, 0.05) is 11.6 Å². The Morgan fingerprint density at radius 2 is 2.30 bits per heavy atom. The molecule has 0 aliphatic heterocycles. The molecule has 2 atom stereocenters. The second kappa shape index (κ2) is 4.88. The van der Waals surface area contributed by atoms with Crippen molar-refractivity contribution in [1.82, 2.24) is 14.8 Å². The van der Waals surface area contributed by atoms with Gasteiger partial charge in [-0.05, 0) is 66.7 Å². The van der Waals surface area contributed by atoms with Gasteiger partial charge in [-0.15, -0.1) is 0 Å². The molecule has 2 aliphatic carbocycles. The maximum atomic E-state index is 6.47. The first kappa shape index (κ1) is 12.4. The van der Waals surface area contributed by atoms with Crippen LogP contribution < -0.4 is 0 Å². The van der Waals surface area contributed by atoms with Crippen LogP contribution in [0.4, 0.5) is 0 Å². The smallest absolute Gasteiger partial charge is 0.137 e. The molecule has 0 spiro atoms. The molecule has 1 heterocycles. The monoisotopic (exact) mass is 287 g/mol. The fourth-order valence-corrected chi connectivity index (χ4v) is 4.29. The summed E-state index contributed by atoms with van der Waals surface area (Å²) in [5.41, 5.74) is 4.53. The average molecular weight is 288 g/mol. The van der Waals surface area contributed by atoms with Crippen molar-refractivity contribution in [3.63, 3.8) is 0 Å². The Labute approximate surface area is 124 Å². The highest BCUT2D eigenvalue weighted by Crippen LogP contribution is 2.45. The first-order chi connectivity index (χ1) is 9.81. The SMILES string of the molecule is Clc1ccc2c3c1C[C@@H](Cn1cncn1)C[C@H]3CCC2. The van der Waals surface area contributed by atoms with E-state index < -0.39 is 0 Å². The van der Waals surface area contributed by atoms with Gasteiger partial charge in [-0.2, -0.15) is 5.10 Å². The Bertz CT molecular complexity index is 621. The van der Waals surface area contributed by atoms with E-state index in [9.17, 15) is 0 Å². The van der Waals surface area contributed by atoms with Gasteiger partial charge in [0.15, 0.2) is 0 Å². The third-order valence-electron chi connectivity index (χ3n) is 4.82. The normalized spacial score (nSPS) is 24.4. The zero-order valence-electron chi connectivity index (χ0n) is 11.4. The van der Waals surface area contributed by atoms with Gasteiger partial charge in [0.25, 0.3) is 0 Å². The van der Waals surface area contributed by atoms with E-state index in [2.05, 4.69) is 22.2 Å².